The van der Waals surface area contributed by atoms with Gasteiger partial charge in [0.1, 0.15) is 5.52 Å². The summed E-state index contributed by atoms with van der Waals surface area (Å²) >= 11 is 0. The molecule has 2 rings (SSSR count). The van der Waals surface area contributed by atoms with E-state index in [0.29, 0.717) is 6.54 Å². The molecule has 14 heavy (non-hydrogen) atoms. The minimum atomic E-state index is 0.182. The van der Waals surface area contributed by atoms with Crippen LogP contribution in [0.2, 0.25) is 0 Å². The Labute approximate surface area is 82.9 Å². The molecule has 0 saturated heterocycles. The van der Waals surface area contributed by atoms with Gasteiger partial charge in [-0.1, -0.05) is 19.1 Å². The maximum absolute atomic E-state index is 5.61. The third-order valence-electron chi connectivity index (χ3n) is 2.41. The van der Waals surface area contributed by atoms with E-state index >= 15 is 0 Å². The zero-order chi connectivity index (χ0) is 10.1. The average Bonchev–Trinajstić information content (AvgIpc) is 2.62. The number of benzene rings is 1. The predicted octanol–water partition coefficient (Wildman–Crippen LogP) is 2.20. The number of hydrogen-bond donors (Lipinski definition) is 1. The van der Waals surface area contributed by atoms with Crippen LogP contribution in [0.3, 0.4) is 0 Å². The second-order valence-electron chi connectivity index (χ2n) is 3.61. The zero-order valence-electron chi connectivity index (χ0n) is 8.45. The predicted molar refractivity (Wildman–Crippen MR) is 56.2 cm³/mol. The molecule has 2 aromatic rings. The summed E-state index contributed by atoms with van der Waals surface area (Å²) in [5.41, 5.74) is 8.50. The van der Waals surface area contributed by atoms with Crippen molar-refractivity contribution < 1.29 is 4.42 Å². The van der Waals surface area contributed by atoms with Crippen molar-refractivity contribution >= 4 is 11.1 Å². The lowest BCUT2D eigenvalue weighted by Crippen LogP contribution is -2.08. The lowest BCUT2D eigenvalue weighted by atomic mass is 10.2. The van der Waals surface area contributed by atoms with Crippen molar-refractivity contribution in [3.05, 3.63) is 29.7 Å². The van der Waals surface area contributed by atoms with Crippen LogP contribution in [0.4, 0.5) is 0 Å². The number of para-hydroxylation sites is 1. The number of aromatic nitrogens is 1. The molecular formula is C11H14N2O. The fraction of sp³-hybridized carbons (Fsp3) is 0.364. The Bertz CT molecular complexity index is 447. The van der Waals surface area contributed by atoms with Crippen molar-refractivity contribution in [1.82, 2.24) is 4.98 Å². The van der Waals surface area contributed by atoms with Crippen LogP contribution in [0.1, 0.15) is 24.3 Å². The number of hydrogen-bond acceptors (Lipinski definition) is 3. The highest BCUT2D eigenvalue weighted by molar-refractivity contribution is 5.76. The molecule has 0 bridgehead atoms. The molecular weight excluding hydrogens is 176 g/mol. The van der Waals surface area contributed by atoms with Gasteiger partial charge >= 0.3 is 0 Å². The molecule has 3 nitrogen and oxygen atoms in total. The summed E-state index contributed by atoms with van der Waals surface area (Å²) in [5, 5.41) is 0. The standard InChI is InChI=1S/C11H14N2O/c1-7-4-3-5-9-10(7)13-11(14-9)8(2)6-12/h3-5,8H,6,12H2,1-2H3. The van der Waals surface area contributed by atoms with E-state index in [1.165, 1.54) is 0 Å². The molecule has 0 aliphatic rings. The fourth-order valence-electron chi connectivity index (χ4n) is 1.41. The largest absolute Gasteiger partial charge is 0.440 e. The minimum absolute atomic E-state index is 0.182. The second-order valence-corrected chi connectivity index (χ2v) is 3.61. The van der Waals surface area contributed by atoms with Crippen LogP contribution in [-0.4, -0.2) is 11.5 Å². The van der Waals surface area contributed by atoms with Gasteiger partial charge in [-0.05, 0) is 18.6 Å². The third kappa shape index (κ3) is 1.40. The Morgan fingerprint density at radius 1 is 1.50 bits per heavy atom. The maximum Gasteiger partial charge on any atom is 0.199 e. The van der Waals surface area contributed by atoms with Crippen LogP contribution in [0, 0.1) is 6.92 Å². The van der Waals surface area contributed by atoms with Crippen molar-refractivity contribution in [3.8, 4) is 0 Å². The Balaban J connectivity index is 2.56. The molecule has 0 spiro atoms. The van der Waals surface area contributed by atoms with Gasteiger partial charge in [0.15, 0.2) is 11.5 Å². The first-order chi connectivity index (χ1) is 6.72. The fourth-order valence-corrected chi connectivity index (χ4v) is 1.41. The number of nitrogens with zero attached hydrogens (tertiary/aromatic N) is 1. The molecule has 1 aromatic carbocycles. The molecule has 1 heterocycles. The average molecular weight is 190 g/mol. The first-order valence-electron chi connectivity index (χ1n) is 4.78. The molecule has 1 atom stereocenters. The van der Waals surface area contributed by atoms with Crippen molar-refractivity contribution in [2.24, 2.45) is 5.73 Å². The number of nitrogens with two attached hydrogens (primary N) is 1. The van der Waals surface area contributed by atoms with E-state index in [9.17, 15) is 0 Å². The van der Waals surface area contributed by atoms with Crippen molar-refractivity contribution in [1.29, 1.82) is 0 Å². The summed E-state index contributed by atoms with van der Waals surface area (Å²) in [6.45, 7) is 4.60. The van der Waals surface area contributed by atoms with Crippen LogP contribution < -0.4 is 5.73 Å². The highest BCUT2D eigenvalue weighted by atomic mass is 16.3. The molecule has 74 valence electrons. The molecule has 0 radical (unpaired) electrons. The van der Waals surface area contributed by atoms with E-state index in [0.717, 1.165) is 22.6 Å². The highest BCUT2D eigenvalue weighted by Crippen LogP contribution is 2.22. The number of oxazole rings is 1. The van der Waals surface area contributed by atoms with Gasteiger partial charge in [-0.2, -0.15) is 0 Å². The van der Waals surface area contributed by atoms with E-state index in [4.69, 9.17) is 10.2 Å². The van der Waals surface area contributed by atoms with Gasteiger partial charge in [-0.3, -0.25) is 0 Å². The first-order valence-corrected chi connectivity index (χ1v) is 4.78. The van der Waals surface area contributed by atoms with Gasteiger partial charge in [0, 0.05) is 12.5 Å². The highest BCUT2D eigenvalue weighted by Gasteiger charge is 2.12. The van der Waals surface area contributed by atoms with E-state index in [-0.39, 0.29) is 5.92 Å². The second kappa shape index (κ2) is 3.42. The van der Waals surface area contributed by atoms with Gasteiger partial charge in [0.2, 0.25) is 0 Å². The molecule has 0 fully saturated rings. The van der Waals surface area contributed by atoms with Crippen molar-refractivity contribution in [2.75, 3.05) is 6.54 Å². The molecule has 1 aromatic heterocycles. The monoisotopic (exact) mass is 190 g/mol. The quantitative estimate of drug-likeness (QED) is 0.789. The smallest absolute Gasteiger partial charge is 0.199 e. The van der Waals surface area contributed by atoms with Gasteiger partial charge in [0.05, 0.1) is 0 Å². The van der Waals surface area contributed by atoms with E-state index in [2.05, 4.69) is 4.98 Å². The number of fused-ring (bicyclic) bond motifs is 1. The Hall–Kier alpha value is -1.35. The van der Waals surface area contributed by atoms with Crippen LogP contribution in [-0.2, 0) is 0 Å². The number of aryl methyl sites for hydroxylation is 1. The van der Waals surface area contributed by atoms with E-state index < -0.39 is 0 Å². The normalized spacial score (nSPS) is 13.4. The van der Waals surface area contributed by atoms with Gasteiger partial charge in [-0.25, -0.2) is 4.98 Å². The third-order valence-corrected chi connectivity index (χ3v) is 2.41. The van der Waals surface area contributed by atoms with Crippen LogP contribution >= 0.6 is 0 Å². The maximum atomic E-state index is 5.61. The lowest BCUT2D eigenvalue weighted by molar-refractivity contribution is 0.489. The summed E-state index contributed by atoms with van der Waals surface area (Å²) < 4.78 is 5.61. The van der Waals surface area contributed by atoms with Crippen molar-refractivity contribution in [3.63, 3.8) is 0 Å². The Morgan fingerprint density at radius 3 is 2.93 bits per heavy atom. The van der Waals surface area contributed by atoms with Crippen LogP contribution in [0.5, 0.6) is 0 Å². The van der Waals surface area contributed by atoms with E-state index in [1.807, 2.05) is 32.0 Å². The summed E-state index contributed by atoms with van der Waals surface area (Å²) in [5.74, 6) is 0.915. The Morgan fingerprint density at radius 2 is 2.29 bits per heavy atom. The van der Waals surface area contributed by atoms with Gasteiger partial charge in [0.25, 0.3) is 0 Å². The summed E-state index contributed by atoms with van der Waals surface area (Å²) in [4.78, 5) is 4.44. The molecule has 0 aliphatic carbocycles. The summed E-state index contributed by atoms with van der Waals surface area (Å²) in [7, 11) is 0. The van der Waals surface area contributed by atoms with E-state index in [1.54, 1.807) is 0 Å². The molecule has 2 N–H and O–H groups in total. The zero-order valence-corrected chi connectivity index (χ0v) is 8.45. The summed E-state index contributed by atoms with van der Waals surface area (Å²) in [6.07, 6.45) is 0. The van der Waals surface area contributed by atoms with Gasteiger partial charge in [-0.15, -0.1) is 0 Å². The van der Waals surface area contributed by atoms with Crippen LogP contribution in [0.25, 0.3) is 11.1 Å². The number of rotatable bonds is 2. The minimum Gasteiger partial charge on any atom is -0.440 e. The van der Waals surface area contributed by atoms with Gasteiger partial charge < -0.3 is 10.2 Å². The van der Waals surface area contributed by atoms with Crippen molar-refractivity contribution in [2.45, 2.75) is 19.8 Å². The lowest BCUT2D eigenvalue weighted by Gasteiger charge is -1.99. The topological polar surface area (TPSA) is 52.0 Å². The molecule has 0 amide bonds. The molecule has 3 heteroatoms. The van der Waals surface area contributed by atoms with Crippen LogP contribution in [0.15, 0.2) is 22.6 Å². The molecule has 1 unspecified atom stereocenters. The Kier molecular flexibility index (Phi) is 2.25. The first kappa shape index (κ1) is 9.21. The molecule has 0 saturated carbocycles. The summed E-state index contributed by atoms with van der Waals surface area (Å²) in [6, 6.07) is 5.93. The SMILES string of the molecule is Cc1cccc2oc(C(C)CN)nc12. The molecule has 0 aliphatic heterocycles.